The van der Waals surface area contributed by atoms with Gasteiger partial charge in [0, 0.05) is 17.8 Å². The third kappa shape index (κ3) is 2.67. The molecule has 0 amide bonds. The summed E-state index contributed by atoms with van der Waals surface area (Å²) in [5, 5.41) is 5.59. The summed E-state index contributed by atoms with van der Waals surface area (Å²) in [6.45, 7) is 2.05. The molecule has 0 radical (unpaired) electrons. The summed E-state index contributed by atoms with van der Waals surface area (Å²) in [4.78, 5) is 22.7. The van der Waals surface area contributed by atoms with Gasteiger partial charge >= 0.3 is 5.97 Å². The van der Waals surface area contributed by atoms with Crippen molar-refractivity contribution in [1.29, 1.82) is 0 Å². The average molecular weight is 266 g/mol. The number of carbonyl (C=O) groups is 1. The van der Waals surface area contributed by atoms with Gasteiger partial charge in [-0.25, -0.2) is 14.8 Å². The molecule has 0 saturated carbocycles. The van der Waals surface area contributed by atoms with E-state index in [0.717, 1.165) is 12.2 Å². The van der Waals surface area contributed by atoms with Crippen molar-refractivity contribution in [2.45, 2.75) is 19.4 Å². The molecule has 1 unspecified atom stereocenters. The number of hydrogen-bond acceptors (Lipinski definition) is 6. The molecule has 0 bridgehead atoms. The summed E-state index contributed by atoms with van der Waals surface area (Å²) in [6, 6.07) is 0.0525. The van der Waals surface area contributed by atoms with E-state index in [1.807, 2.05) is 0 Å². The summed E-state index contributed by atoms with van der Waals surface area (Å²) < 4.78 is 4.61. The third-order valence-corrected chi connectivity index (χ3v) is 3.23. The number of methoxy groups -OCH3 is 1. The van der Waals surface area contributed by atoms with Gasteiger partial charge in [-0.15, -0.1) is 11.3 Å². The van der Waals surface area contributed by atoms with E-state index in [1.165, 1.54) is 18.4 Å². The van der Waals surface area contributed by atoms with Crippen molar-refractivity contribution in [2.24, 2.45) is 0 Å². The maximum absolute atomic E-state index is 11.3. The molecule has 0 spiro atoms. The quantitative estimate of drug-likeness (QED) is 0.811. The van der Waals surface area contributed by atoms with Crippen LogP contribution in [0.1, 0.15) is 35.7 Å². The number of nitrogens with one attached hydrogen (secondary N) is 2. The number of hydrogen-bond donors (Lipinski definition) is 2. The second-order valence-electron chi connectivity index (χ2n) is 3.61. The fourth-order valence-electron chi connectivity index (χ4n) is 1.52. The Morgan fingerprint density at radius 1 is 1.67 bits per heavy atom. The summed E-state index contributed by atoms with van der Waals surface area (Å²) in [5.74, 6) is 0.428. The van der Waals surface area contributed by atoms with Crippen molar-refractivity contribution in [3.63, 3.8) is 0 Å². The van der Waals surface area contributed by atoms with Crippen molar-refractivity contribution >= 4 is 22.4 Å². The molecular weight excluding hydrogens is 252 g/mol. The molecule has 2 heterocycles. The molecule has 2 rings (SSSR count). The van der Waals surface area contributed by atoms with E-state index in [9.17, 15) is 4.79 Å². The minimum absolute atomic E-state index is 0.0525. The van der Waals surface area contributed by atoms with Gasteiger partial charge in [0.1, 0.15) is 5.82 Å². The molecule has 0 aliphatic rings. The van der Waals surface area contributed by atoms with E-state index >= 15 is 0 Å². The van der Waals surface area contributed by atoms with Gasteiger partial charge in [-0.3, -0.25) is 0 Å². The van der Waals surface area contributed by atoms with Crippen LogP contribution in [0.25, 0.3) is 0 Å². The number of esters is 1. The van der Waals surface area contributed by atoms with Gasteiger partial charge in [-0.05, 0) is 6.42 Å². The second-order valence-corrected chi connectivity index (χ2v) is 4.47. The molecule has 96 valence electrons. The van der Waals surface area contributed by atoms with Gasteiger partial charge in [-0.2, -0.15) is 0 Å². The molecule has 18 heavy (non-hydrogen) atoms. The molecule has 7 heteroatoms. The predicted molar refractivity (Wildman–Crippen MR) is 68.7 cm³/mol. The first-order valence-electron chi connectivity index (χ1n) is 5.54. The number of thiazole rings is 1. The Morgan fingerprint density at radius 3 is 3.11 bits per heavy atom. The fraction of sp³-hybridized carbons (Fsp3) is 0.364. The monoisotopic (exact) mass is 266 g/mol. The molecule has 0 aliphatic carbocycles. The number of aromatic nitrogens is 3. The Balaban J connectivity index is 2.08. The molecule has 0 saturated heterocycles. The smallest absolute Gasteiger partial charge is 0.357 e. The van der Waals surface area contributed by atoms with Gasteiger partial charge in [0.25, 0.3) is 0 Å². The number of carbonyl (C=O) groups excluding carboxylic acids is 1. The van der Waals surface area contributed by atoms with Crippen molar-refractivity contribution < 1.29 is 9.53 Å². The number of imidazole rings is 1. The molecule has 2 aromatic rings. The zero-order chi connectivity index (χ0) is 13.0. The summed E-state index contributed by atoms with van der Waals surface area (Å²) in [6.07, 6.45) is 4.35. The van der Waals surface area contributed by atoms with Crippen LogP contribution in [-0.4, -0.2) is 28.0 Å². The largest absolute Gasteiger partial charge is 0.464 e. The lowest BCUT2D eigenvalue weighted by molar-refractivity contribution is 0.0595. The lowest BCUT2D eigenvalue weighted by Crippen LogP contribution is -2.11. The van der Waals surface area contributed by atoms with Gasteiger partial charge < -0.3 is 15.0 Å². The lowest BCUT2D eigenvalue weighted by Gasteiger charge is -2.13. The van der Waals surface area contributed by atoms with Crippen LogP contribution >= 0.6 is 11.3 Å². The molecule has 0 aromatic carbocycles. The van der Waals surface area contributed by atoms with Crippen LogP contribution in [0.15, 0.2) is 17.8 Å². The normalized spacial score (nSPS) is 12.1. The van der Waals surface area contributed by atoms with Crippen molar-refractivity contribution in [3.05, 3.63) is 29.3 Å². The standard InChI is InChI=1S/C11H14N4O2S/c1-3-7(9-12-4-5-13-9)14-11-15-8(6-18-11)10(16)17-2/h4-7H,3H2,1-2H3,(H,12,13)(H,14,15). The Bertz CT molecular complexity index is 509. The molecular formula is C11H14N4O2S. The molecule has 0 fully saturated rings. The molecule has 0 aliphatic heterocycles. The minimum Gasteiger partial charge on any atom is -0.464 e. The second kappa shape index (κ2) is 5.63. The van der Waals surface area contributed by atoms with Gasteiger partial charge in [0.15, 0.2) is 10.8 Å². The van der Waals surface area contributed by atoms with Crippen LogP contribution in [0.5, 0.6) is 0 Å². The van der Waals surface area contributed by atoms with Crippen LogP contribution in [0, 0.1) is 0 Å². The van der Waals surface area contributed by atoms with E-state index in [4.69, 9.17) is 0 Å². The van der Waals surface area contributed by atoms with Crippen molar-refractivity contribution in [2.75, 3.05) is 12.4 Å². The van der Waals surface area contributed by atoms with E-state index in [0.29, 0.717) is 10.8 Å². The SMILES string of the molecule is CCC(Nc1nc(C(=O)OC)cs1)c1ncc[nH]1. The maximum Gasteiger partial charge on any atom is 0.357 e. The Labute approximate surface area is 108 Å². The van der Waals surface area contributed by atoms with Crippen molar-refractivity contribution in [3.8, 4) is 0 Å². The molecule has 6 nitrogen and oxygen atoms in total. The van der Waals surface area contributed by atoms with Crippen LogP contribution in [-0.2, 0) is 4.74 Å². The average Bonchev–Trinajstić information content (AvgIpc) is 3.05. The van der Waals surface area contributed by atoms with Crippen LogP contribution < -0.4 is 5.32 Å². The highest BCUT2D eigenvalue weighted by Gasteiger charge is 2.15. The number of ether oxygens (including phenoxy) is 1. The topological polar surface area (TPSA) is 79.9 Å². The van der Waals surface area contributed by atoms with Crippen molar-refractivity contribution in [1.82, 2.24) is 15.0 Å². The Kier molecular flexibility index (Phi) is 3.93. The predicted octanol–water partition coefficient (Wildman–Crippen LogP) is 2.22. The lowest BCUT2D eigenvalue weighted by atomic mass is 10.2. The highest BCUT2D eigenvalue weighted by molar-refractivity contribution is 7.13. The molecule has 1 atom stereocenters. The number of aromatic amines is 1. The maximum atomic E-state index is 11.3. The van der Waals surface area contributed by atoms with E-state index in [1.54, 1.807) is 17.8 Å². The fourth-order valence-corrected chi connectivity index (χ4v) is 2.25. The highest BCUT2D eigenvalue weighted by atomic mass is 32.1. The number of nitrogens with zero attached hydrogens (tertiary/aromatic N) is 2. The zero-order valence-electron chi connectivity index (χ0n) is 10.1. The Hall–Kier alpha value is -1.89. The Morgan fingerprint density at radius 2 is 2.50 bits per heavy atom. The zero-order valence-corrected chi connectivity index (χ0v) is 11.0. The van der Waals surface area contributed by atoms with E-state index in [-0.39, 0.29) is 6.04 Å². The van der Waals surface area contributed by atoms with E-state index < -0.39 is 5.97 Å². The first kappa shape index (κ1) is 12.6. The highest BCUT2D eigenvalue weighted by Crippen LogP contribution is 2.23. The summed E-state index contributed by atoms with van der Waals surface area (Å²) >= 11 is 1.37. The molecule has 2 aromatic heterocycles. The van der Waals surface area contributed by atoms with E-state index in [2.05, 4.69) is 31.9 Å². The summed E-state index contributed by atoms with van der Waals surface area (Å²) in [5.41, 5.74) is 0.319. The first-order chi connectivity index (χ1) is 8.74. The number of anilines is 1. The first-order valence-corrected chi connectivity index (χ1v) is 6.42. The summed E-state index contributed by atoms with van der Waals surface area (Å²) in [7, 11) is 1.34. The van der Waals surface area contributed by atoms with Gasteiger partial charge in [0.2, 0.25) is 0 Å². The van der Waals surface area contributed by atoms with Crippen LogP contribution in [0.3, 0.4) is 0 Å². The van der Waals surface area contributed by atoms with Gasteiger partial charge in [0.05, 0.1) is 13.2 Å². The number of rotatable bonds is 5. The third-order valence-electron chi connectivity index (χ3n) is 2.45. The van der Waals surface area contributed by atoms with Crippen LogP contribution in [0.2, 0.25) is 0 Å². The minimum atomic E-state index is -0.426. The van der Waals surface area contributed by atoms with Crippen LogP contribution in [0.4, 0.5) is 5.13 Å². The molecule has 2 N–H and O–H groups in total. The van der Waals surface area contributed by atoms with Gasteiger partial charge in [-0.1, -0.05) is 6.92 Å². The number of H-pyrrole nitrogens is 1.